The molecule has 0 radical (unpaired) electrons. The van der Waals surface area contributed by atoms with Crippen LogP contribution in [0.2, 0.25) is 0 Å². The number of nitrogens with zero attached hydrogens (tertiary/aromatic N) is 1. The van der Waals surface area contributed by atoms with E-state index in [1.54, 1.807) is 26.4 Å². The first-order valence-corrected chi connectivity index (χ1v) is 8.61. The number of carbonyl (C=O) groups is 1. The third-order valence-corrected chi connectivity index (χ3v) is 4.84. The fourth-order valence-corrected chi connectivity index (χ4v) is 3.55. The van der Waals surface area contributed by atoms with Crippen molar-refractivity contribution in [3.8, 4) is 11.5 Å². The van der Waals surface area contributed by atoms with Crippen molar-refractivity contribution in [1.82, 2.24) is 4.90 Å². The Morgan fingerprint density at radius 1 is 1.23 bits per heavy atom. The van der Waals surface area contributed by atoms with Gasteiger partial charge in [0.15, 0.2) is 17.3 Å². The Bertz CT molecular complexity index is 527. The molecule has 0 N–H and O–H groups in total. The van der Waals surface area contributed by atoms with Gasteiger partial charge < -0.3 is 9.47 Å². The van der Waals surface area contributed by atoms with E-state index in [0.717, 1.165) is 30.4 Å². The maximum Gasteiger partial charge on any atom is 0.181 e. The van der Waals surface area contributed by atoms with E-state index in [4.69, 9.17) is 9.47 Å². The smallest absolute Gasteiger partial charge is 0.181 e. The van der Waals surface area contributed by atoms with E-state index in [2.05, 4.69) is 27.8 Å². The lowest BCUT2D eigenvalue weighted by Crippen LogP contribution is -2.39. The van der Waals surface area contributed by atoms with Crippen LogP contribution in [0.25, 0.3) is 0 Å². The average Bonchev–Trinajstić information content (AvgIpc) is 3.05. The molecule has 1 unspecified atom stereocenters. The number of rotatable bonds is 7. The normalized spacial score (nSPS) is 16.5. The minimum atomic E-state index is -0.0399. The number of Topliss-reactive ketones (excluding diaryl/α,β-unsaturated/α-hetero) is 1. The predicted molar refractivity (Wildman–Crippen MR) is 91.1 cm³/mol. The first-order chi connectivity index (χ1) is 10.6. The van der Waals surface area contributed by atoms with Crippen LogP contribution in [0.1, 0.15) is 43.0 Å². The summed E-state index contributed by atoms with van der Waals surface area (Å²) < 4.78 is 11.4. The Kier molecular flexibility index (Phi) is 6.26. The quantitative estimate of drug-likeness (QED) is 0.682. The van der Waals surface area contributed by atoms with Gasteiger partial charge in [-0.2, -0.15) is 0 Å². The van der Waals surface area contributed by atoms with Gasteiger partial charge in [0.25, 0.3) is 0 Å². The summed E-state index contributed by atoms with van der Waals surface area (Å²) in [5, 5.41) is 0. The second-order valence-corrected chi connectivity index (χ2v) is 6.45. The average molecular weight is 370 g/mol. The number of likely N-dealkylation sites (tertiary alicyclic amines) is 1. The highest BCUT2D eigenvalue weighted by atomic mass is 79.9. The van der Waals surface area contributed by atoms with E-state index < -0.39 is 0 Å². The molecule has 1 atom stereocenters. The summed E-state index contributed by atoms with van der Waals surface area (Å²) in [6.45, 7) is 4.16. The minimum Gasteiger partial charge on any atom is -0.493 e. The summed E-state index contributed by atoms with van der Waals surface area (Å²) in [5.74, 6) is 1.38. The molecule has 0 aliphatic carbocycles. The van der Waals surface area contributed by atoms with Gasteiger partial charge in [-0.1, -0.05) is 13.3 Å². The molecule has 122 valence electrons. The predicted octanol–water partition coefficient (Wildman–Crippen LogP) is 3.91. The lowest BCUT2D eigenvalue weighted by atomic mass is 9.98. The van der Waals surface area contributed by atoms with Gasteiger partial charge in [0, 0.05) is 10.0 Å². The van der Waals surface area contributed by atoms with Crippen LogP contribution in [0.5, 0.6) is 11.5 Å². The molecular weight excluding hydrogens is 346 g/mol. The van der Waals surface area contributed by atoms with E-state index in [1.807, 2.05) is 0 Å². The van der Waals surface area contributed by atoms with E-state index in [0.29, 0.717) is 17.1 Å². The number of carbonyl (C=O) groups excluding carboxylic acids is 1. The molecule has 1 aromatic carbocycles. The number of ether oxygens (including phenoxy) is 2. The van der Waals surface area contributed by atoms with Gasteiger partial charge in [0.05, 0.1) is 20.3 Å². The van der Waals surface area contributed by atoms with Crippen molar-refractivity contribution in [2.24, 2.45) is 0 Å². The molecule has 1 aliphatic rings. The number of hydrogen-bond acceptors (Lipinski definition) is 4. The number of ketones is 1. The first kappa shape index (κ1) is 17.3. The SMILES string of the molecule is CCCC(C(=O)c1cc(OC)c(OC)cc1Br)N1CCCC1. The van der Waals surface area contributed by atoms with E-state index in [1.165, 1.54) is 12.8 Å². The molecule has 1 fully saturated rings. The van der Waals surface area contributed by atoms with Crippen LogP contribution >= 0.6 is 15.9 Å². The van der Waals surface area contributed by atoms with Crippen LogP contribution < -0.4 is 9.47 Å². The highest BCUT2D eigenvalue weighted by Gasteiger charge is 2.29. The highest BCUT2D eigenvalue weighted by molar-refractivity contribution is 9.10. The van der Waals surface area contributed by atoms with Crippen molar-refractivity contribution >= 4 is 21.7 Å². The maximum atomic E-state index is 13.0. The molecule has 1 saturated heterocycles. The standard InChI is InChI=1S/C17H24BrNO3/c1-4-7-14(19-8-5-6-9-19)17(20)12-10-15(21-2)16(22-3)11-13(12)18/h10-11,14H,4-9H2,1-3H3. The summed E-state index contributed by atoms with van der Waals surface area (Å²) >= 11 is 3.51. The van der Waals surface area contributed by atoms with Crippen molar-refractivity contribution in [2.75, 3.05) is 27.3 Å². The van der Waals surface area contributed by atoms with Gasteiger partial charge in [0.2, 0.25) is 0 Å². The van der Waals surface area contributed by atoms with Crippen molar-refractivity contribution in [3.63, 3.8) is 0 Å². The lowest BCUT2D eigenvalue weighted by molar-refractivity contribution is 0.0836. The van der Waals surface area contributed by atoms with Crippen LogP contribution in [0.3, 0.4) is 0 Å². The fourth-order valence-electron chi connectivity index (χ4n) is 3.03. The second kappa shape index (κ2) is 7.97. The zero-order valence-electron chi connectivity index (χ0n) is 13.5. The molecule has 5 heteroatoms. The molecule has 0 aromatic heterocycles. The topological polar surface area (TPSA) is 38.8 Å². The molecular formula is C17H24BrNO3. The largest absolute Gasteiger partial charge is 0.493 e. The Morgan fingerprint density at radius 2 is 1.82 bits per heavy atom. The molecule has 2 rings (SSSR count). The van der Waals surface area contributed by atoms with E-state index >= 15 is 0 Å². The Morgan fingerprint density at radius 3 is 2.36 bits per heavy atom. The van der Waals surface area contributed by atoms with Crippen LogP contribution in [0.15, 0.2) is 16.6 Å². The van der Waals surface area contributed by atoms with Gasteiger partial charge in [-0.15, -0.1) is 0 Å². The van der Waals surface area contributed by atoms with Crippen LogP contribution in [-0.2, 0) is 0 Å². The monoisotopic (exact) mass is 369 g/mol. The summed E-state index contributed by atoms with van der Waals surface area (Å²) in [6, 6.07) is 3.55. The van der Waals surface area contributed by atoms with Crippen LogP contribution in [-0.4, -0.2) is 44.0 Å². The van der Waals surface area contributed by atoms with Crippen molar-refractivity contribution in [2.45, 2.75) is 38.6 Å². The number of methoxy groups -OCH3 is 2. The third kappa shape index (κ3) is 3.63. The fraction of sp³-hybridized carbons (Fsp3) is 0.588. The second-order valence-electron chi connectivity index (χ2n) is 5.60. The molecule has 0 spiro atoms. The molecule has 1 heterocycles. The number of hydrogen-bond donors (Lipinski definition) is 0. The van der Waals surface area contributed by atoms with Gasteiger partial charge in [-0.05, 0) is 60.4 Å². The van der Waals surface area contributed by atoms with Crippen LogP contribution in [0.4, 0.5) is 0 Å². The molecule has 4 nitrogen and oxygen atoms in total. The van der Waals surface area contributed by atoms with Gasteiger partial charge >= 0.3 is 0 Å². The first-order valence-electron chi connectivity index (χ1n) is 7.82. The molecule has 22 heavy (non-hydrogen) atoms. The zero-order valence-corrected chi connectivity index (χ0v) is 15.1. The van der Waals surface area contributed by atoms with Crippen LogP contribution in [0, 0.1) is 0 Å². The van der Waals surface area contributed by atoms with Gasteiger partial charge in [-0.25, -0.2) is 0 Å². The highest BCUT2D eigenvalue weighted by Crippen LogP contribution is 2.34. The van der Waals surface area contributed by atoms with Crippen molar-refractivity contribution in [3.05, 3.63) is 22.2 Å². The molecule has 0 saturated carbocycles. The molecule has 1 aromatic rings. The third-order valence-electron chi connectivity index (χ3n) is 4.18. The van der Waals surface area contributed by atoms with Crippen molar-refractivity contribution in [1.29, 1.82) is 0 Å². The summed E-state index contributed by atoms with van der Waals surface area (Å²) in [5.41, 5.74) is 0.669. The number of benzene rings is 1. The summed E-state index contributed by atoms with van der Waals surface area (Å²) in [7, 11) is 3.18. The number of halogens is 1. The summed E-state index contributed by atoms with van der Waals surface area (Å²) in [4.78, 5) is 15.4. The Balaban J connectivity index is 2.33. The Hall–Kier alpha value is -1.07. The zero-order chi connectivity index (χ0) is 16.1. The summed E-state index contributed by atoms with van der Waals surface area (Å²) in [6.07, 6.45) is 4.25. The molecule has 0 bridgehead atoms. The molecule has 0 amide bonds. The van der Waals surface area contributed by atoms with Gasteiger partial charge in [0.1, 0.15) is 0 Å². The van der Waals surface area contributed by atoms with Gasteiger partial charge in [-0.3, -0.25) is 9.69 Å². The molecule has 1 aliphatic heterocycles. The Labute approximate surface area is 140 Å². The van der Waals surface area contributed by atoms with Crippen molar-refractivity contribution < 1.29 is 14.3 Å². The van der Waals surface area contributed by atoms with E-state index in [-0.39, 0.29) is 11.8 Å². The maximum absolute atomic E-state index is 13.0. The van der Waals surface area contributed by atoms with E-state index in [9.17, 15) is 4.79 Å². The minimum absolute atomic E-state index is 0.0399. The lowest BCUT2D eigenvalue weighted by Gasteiger charge is -2.26.